The fourth-order valence-electron chi connectivity index (χ4n) is 2.45. The Bertz CT molecular complexity index is 811. The molecule has 3 aromatic rings. The lowest BCUT2D eigenvalue weighted by molar-refractivity contribution is 0.0940. The van der Waals surface area contributed by atoms with E-state index in [1.807, 2.05) is 49.4 Å². The molecule has 1 N–H and O–H groups in total. The molecule has 1 amide bonds. The van der Waals surface area contributed by atoms with Crippen LogP contribution in [-0.4, -0.2) is 5.91 Å². The summed E-state index contributed by atoms with van der Waals surface area (Å²) in [6, 6.07) is 19.5. The van der Waals surface area contributed by atoms with E-state index in [1.54, 1.807) is 12.1 Å². The maximum Gasteiger partial charge on any atom is 0.251 e. The Morgan fingerprint density at radius 1 is 0.955 bits per heavy atom. The summed E-state index contributed by atoms with van der Waals surface area (Å²) in [5.41, 5.74) is 1.49. The molecule has 0 bridgehead atoms. The van der Waals surface area contributed by atoms with Crippen molar-refractivity contribution in [2.45, 2.75) is 13.0 Å². The first-order valence-corrected chi connectivity index (χ1v) is 7.18. The largest absolute Gasteiger partial charge is 0.346 e. The van der Waals surface area contributed by atoms with Crippen LogP contribution in [0.15, 0.2) is 66.7 Å². The molecule has 2 nitrogen and oxygen atoms in total. The highest BCUT2D eigenvalue weighted by Gasteiger charge is 2.11. The van der Waals surface area contributed by atoms with Crippen molar-refractivity contribution in [1.29, 1.82) is 0 Å². The highest BCUT2D eigenvalue weighted by atomic mass is 19.1. The molecule has 0 aliphatic heterocycles. The fourth-order valence-corrected chi connectivity index (χ4v) is 2.45. The molecule has 0 aromatic heterocycles. The van der Waals surface area contributed by atoms with Crippen molar-refractivity contribution in [2.24, 2.45) is 0 Å². The Morgan fingerprint density at radius 2 is 1.64 bits per heavy atom. The molecular formula is C19H16FNO. The van der Waals surface area contributed by atoms with Gasteiger partial charge in [0.05, 0.1) is 6.04 Å². The summed E-state index contributed by atoms with van der Waals surface area (Å²) in [6.45, 7) is 1.88. The van der Waals surface area contributed by atoms with Crippen LogP contribution in [0.1, 0.15) is 28.9 Å². The Labute approximate surface area is 128 Å². The lowest BCUT2D eigenvalue weighted by atomic mass is 10.1. The van der Waals surface area contributed by atoms with Crippen LogP contribution in [0.5, 0.6) is 0 Å². The van der Waals surface area contributed by atoms with Crippen LogP contribution in [0.25, 0.3) is 10.8 Å². The van der Waals surface area contributed by atoms with Gasteiger partial charge in [-0.15, -0.1) is 0 Å². The molecule has 0 radical (unpaired) electrons. The number of fused-ring (bicyclic) bond motifs is 1. The number of hydrogen-bond acceptors (Lipinski definition) is 1. The lowest BCUT2D eigenvalue weighted by Crippen LogP contribution is -2.26. The van der Waals surface area contributed by atoms with Crippen molar-refractivity contribution in [2.75, 3.05) is 0 Å². The minimum absolute atomic E-state index is 0.137. The minimum atomic E-state index is -0.281. The first-order chi connectivity index (χ1) is 10.6. The smallest absolute Gasteiger partial charge is 0.251 e. The topological polar surface area (TPSA) is 29.1 Å². The standard InChI is InChI=1S/C19H16FNO/c1-13(14-8-10-18(20)11-9-14)21-19(22)17-7-6-15-4-2-3-5-16(15)12-17/h2-13H,1H3,(H,21,22)/t13-/m1/s1. The fraction of sp³-hybridized carbons (Fsp3) is 0.105. The number of amides is 1. The van der Waals surface area contributed by atoms with Crippen LogP contribution in [0.2, 0.25) is 0 Å². The number of carbonyl (C=O) groups is 1. The summed E-state index contributed by atoms with van der Waals surface area (Å²) in [6.07, 6.45) is 0. The molecule has 0 unspecified atom stereocenters. The van der Waals surface area contributed by atoms with Crippen LogP contribution < -0.4 is 5.32 Å². The van der Waals surface area contributed by atoms with Gasteiger partial charge in [-0.3, -0.25) is 4.79 Å². The molecule has 0 saturated heterocycles. The van der Waals surface area contributed by atoms with Crippen LogP contribution in [0, 0.1) is 5.82 Å². The van der Waals surface area contributed by atoms with Crippen LogP contribution in [-0.2, 0) is 0 Å². The number of rotatable bonds is 3. The van der Waals surface area contributed by atoms with Crippen molar-refractivity contribution in [3.05, 3.63) is 83.7 Å². The Hall–Kier alpha value is -2.68. The molecule has 1 atom stereocenters. The van der Waals surface area contributed by atoms with Crippen molar-refractivity contribution in [3.8, 4) is 0 Å². The van der Waals surface area contributed by atoms with Crippen molar-refractivity contribution in [3.63, 3.8) is 0 Å². The summed E-state index contributed by atoms with van der Waals surface area (Å²) in [4.78, 5) is 12.4. The SMILES string of the molecule is C[C@@H](NC(=O)c1ccc2ccccc2c1)c1ccc(F)cc1. The molecular weight excluding hydrogens is 277 g/mol. The van der Waals surface area contributed by atoms with Crippen molar-refractivity contribution >= 4 is 16.7 Å². The second-order valence-corrected chi connectivity index (χ2v) is 5.31. The van der Waals surface area contributed by atoms with Gasteiger partial charge in [0.25, 0.3) is 5.91 Å². The molecule has 0 heterocycles. The van der Waals surface area contributed by atoms with E-state index in [1.165, 1.54) is 12.1 Å². The van der Waals surface area contributed by atoms with Crippen LogP contribution in [0.4, 0.5) is 4.39 Å². The van der Waals surface area contributed by atoms with E-state index in [0.29, 0.717) is 5.56 Å². The molecule has 0 aliphatic carbocycles. The zero-order valence-electron chi connectivity index (χ0n) is 12.2. The number of carbonyl (C=O) groups excluding carboxylic acids is 1. The minimum Gasteiger partial charge on any atom is -0.346 e. The number of halogens is 1. The predicted molar refractivity (Wildman–Crippen MR) is 86.2 cm³/mol. The van der Waals surface area contributed by atoms with E-state index in [-0.39, 0.29) is 17.8 Å². The van der Waals surface area contributed by atoms with Gasteiger partial charge in [0.1, 0.15) is 5.82 Å². The summed E-state index contributed by atoms with van der Waals surface area (Å²) < 4.78 is 12.9. The number of nitrogens with one attached hydrogen (secondary N) is 1. The highest BCUT2D eigenvalue weighted by Crippen LogP contribution is 2.17. The molecule has 0 aliphatic rings. The van der Waals surface area contributed by atoms with Gasteiger partial charge in [-0.05, 0) is 47.5 Å². The quantitative estimate of drug-likeness (QED) is 0.758. The third-order valence-corrected chi connectivity index (χ3v) is 3.73. The van der Waals surface area contributed by atoms with E-state index < -0.39 is 0 Å². The second kappa shape index (κ2) is 5.98. The molecule has 22 heavy (non-hydrogen) atoms. The summed E-state index contributed by atoms with van der Waals surface area (Å²) in [5.74, 6) is -0.417. The maximum atomic E-state index is 12.9. The molecule has 0 saturated carbocycles. The van der Waals surface area contributed by atoms with Crippen LogP contribution >= 0.6 is 0 Å². The van der Waals surface area contributed by atoms with Gasteiger partial charge in [0.15, 0.2) is 0 Å². The second-order valence-electron chi connectivity index (χ2n) is 5.31. The molecule has 0 fully saturated rings. The molecule has 3 aromatic carbocycles. The average molecular weight is 293 g/mol. The average Bonchev–Trinajstić information content (AvgIpc) is 2.55. The Balaban J connectivity index is 1.79. The molecule has 3 heteroatoms. The van der Waals surface area contributed by atoms with Gasteiger partial charge in [-0.2, -0.15) is 0 Å². The molecule has 0 spiro atoms. The summed E-state index contributed by atoms with van der Waals surface area (Å²) in [7, 11) is 0. The normalized spacial score (nSPS) is 12.1. The zero-order valence-corrected chi connectivity index (χ0v) is 12.2. The van der Waals surface area contributed by atoms with E-state index >= 15 is 0 Å². The van der Waals surface area contributed by atoms with Crippen LogP contribution in [0.3, 0.4) is 0 Å². The number of benzene rings is 3. The summed E-state index contributed by atoms with van der Waals surface area (Å²) >= 11 is 0. The van der Waals surface area contributed by atoms with E-state index in [0.717, 1.165) is 16.3 Å². The monoisotopic (exact) mass is 293 g/mol. The van der Waals surface area contributed by atoms with E-state index in [2.05, 4.69) is 5.32 Å². The first kappa shape index (κ1) is 14.3. The zero-order chi connectivity index (χ0) is 15.5. The van der Waals surface area contributed by atoms with Crippen molar-refractivity contribution in [1.82, 2.24) is 5.32 Å². The van der Waals surface area contributed by atoms with E-state index in [4.69, 9.17) is 0 Å². The Kier molecular flexibility index (Phi) is 3.88. The van der Waals surface area contributed by atoms with E-state index in [9.17, 15) is 9.18 Å². The van der Waals surface area contributed by atoms with Gasteiger partial charge in [-0.1, -0.05) is 42.5 Å². The third-order valence-electron chi connectivity index (χ3n) is 3.73. The first-order valence-electron chi connectivity index (χ1n) is 7.18. The summed E-state index contributed by atoms with van der Waals surface area (Å²) in [5, 5.41) is 5.07. The maximum absolute atomic E-state index is 12.9. The van der Waals surface area contributed by atoms with Gasteiger partial charge in [0.2, 0.25) is 0 Å². The number of hydrogen-bond donors (Lipinski definition) is 1. The van der Waals surface area contributed by atoms with Gasteiger partial charge >= 0.3 is 0 Å². The molecule has 3 rings (SSSR count). The molecule has 110 valence electrons. The van der Waals surface area contributed by atoms with Crippen molar-refractivity contribution < 1.29 is 9.18 Å². The Morgan fingerprint density at radius 3 is 2.36 bits per heavy atom. The third kappa shape index (κ3) is 2.98. The predicted octanol–water partition coefficient (Wildman–Crippen LogP) is 4.47. The van der Waals surface area contributed by atoms with Gasteiger partial charge in [-0.25, -0.2) is 4.39 Å². The highest BCUT2D eigenvalue weighted by molar-refractivity contribution is 5.98. The lowest BCUT2D eigenvalue weighted by Gasteiger charge is -2.14. The van der Waals surface area contributed by atoms with Gasteiger partial charge < -0.3 is 5.32 Å². The van der Waals surface area contributed by atoms with Gasteiger partial charge in [0, 0.05) is 5.56 Å².